The molecule has 5 nitrogen and oxygen atoms in total. The number of Topliss-reactive ketones (excluding diaryl/α,β-unsaturated/α-hetero) is 1. The fourth-order valence-corrected chi connectivity index (χ4v) is 2.28. The van der Waals surface area contributed by atoms with Gasteiger partial charge in [-0.2, -0.15) is 0 Å². The largest absolute Gasteiger partial charge is 0.478 e. The van der Waals surface area contributed by atoms with Crippen LogP contribution in [-0.2, 0) is 19.1 Å². The fourth-order valence-electron chi connectivity index (χ4n) is 2.28. The molecule has 0 bridgehead atoms. The van der Waals surface area contributed by atoms with E-state index in [0.29, 0.717) is 32.1 Å². The number of aliphatic carboxylic acids is 1. The molecule has 0 atom stereocenters. The van der Waals surface area contributed by atoms with E-state index in [2.05, 4.69) is 6.92 Å². The highest BCUT2D eigenvalue weighted by atomic mass is 16.6. The van der Waals surface area contributed by atoms with Crippen molar-refractivity contribution in [1.29, 1.82) is 0 Å². The van der Waals surface area contributed by atoms with E-state index < -0.39 is 23.0 Å². The molecule has 1 rings (SSSR count). The van der Waals surface area contributed by atoms with E-state index in [0.717, 1.165) is 25.7 Å². The molecular weight excluding hydrogens is 284 g/mol. The molecule has 0 aliphatic heterocycles. The number of carboxylic acids is 1. The molecule has 0 unspecified atom stereocenters. The Morgan fingerprint density at radius 2 is 1.68 bits per heavy atom. The van der Waals surface area contributed by atoms with Crippen molar-refractivity contribution in [2.75, 3.05) is 0 Å². The number of carbonyl (C=O) groups excluding carboxylic acids is 2. The van der Waals surface area contributed by atoms with Gasteiger partial charge in [0.25, 0.3) is 0 Å². The number of ether oxygens (including phenoxy) is 1. The summed E-state index contributed by atoms with van der Waals surface area (Å²) in [6.45, 7) is 5.60. The van der Waals surface area contributed by atoms with E-state index >= 15 is 0 Å². The van der Waals surface area contributed by atoms with Crippen molar-refractivity contribution in [1.82, 2.24) is 0 Å². The van der Waals surface area contributed by atoms with Gasteiger partial charge in [0.15, 0.2) is 0 Å². The van der Waals surface area contributed by atoms with Gasteiger partial charge in [0.2, 0.25) is 5.60 Å². The van der Waals surface area contributed by atoms with Gasteiger partial charge in [0.05, 0.1) is 5.41 Å². The Morgan fingerprint density at radius 1 is 1.09 bits per heavy atom. The zero-order valence-electron chi connectivity index (χ0n) is 13.9. The maximum atomic E-state index is 12.1. The molecule has 0 heterocycles. The highest BCUT2D eigenvalue weighted by molar-refractivity contribution is 5.86. The van der Waals surface area contributed by atoms with Crippen LogP contribution < -0.4 is 0 Å². The summed E-state index contributed by atoms with van der Waals surface area (Å²) < 4.78 is 5.20. The maximum absolute atomic E-state index is 12.1. The average molecular weight is 312 g/mol. The van der Waals surface area contributed by atoms with Gasteiger partial charge in [-0.25, -0.2) is 4.79 Å². The van der Waals surface area contributed by atoms with Gasteiger partial charge in [-0.15, -0.1) is 0 Å². The molecule has 0 aromatic carbocycles. The predicted octanol–water partition coefficient (Wildman–Crippen LogP) is 3.49. The summed E-state index contributed by atoms with van der Waals surface area (Å²) in [5, 5.41) is 9.05. The Labute approximate surface area is 132 Å². The molecule has 0 saturated heterocycles. The molecular formula is C17H28O5. The highest BCUT2D eigenvalue weighted by Crippen LogP contribution is 2.42. The molecule has 0 amide bonds. The molecule has 0 spiro atoms. The summed E-state index contributed by atoms with van der Waals surface area (Å²) in [4.78, 5) is 34.8. The predicted molar refractivity (Wildman–Crippen MR) is 82.5 cm³/mol. The van der Waals surface area contributed by atoms with Crippen LogP contribution in [0.15, 0.2) is 0 Å². The van der Waals surface area contributed by atoms with Crippen molar-refractivity contribution in [3.8, 4) is 0 Å². The van der Waals surface area contributed by atoms with Gasteiger partial charge in [-0.05, 0) is 33.1 Å². The Morgan fingerprint density at radius 3 is 2.18 bits per heavy atom. The minimum Gasteiger partial charge on any atom is -0.478 e. The second-order valence-corrected chi connectivity index (χ2v) is 6.92. The van der Waals surface area contributed by atoms with Crippen LogP contribution in [0.5, 0.6) is 0 Å². The Bertz CT molecular complexity index is 421. The van der Waals surface area contributed by atoms with Gasteiger partial charge in [-0.3, -0.25) is 9.59 Å². The van der Waals surface area contributed by atoms with Crippen molar-refractivity contribution >= 4 is 17.7 Å². The lowest BCUT2D eigenvalue weighted by Gasteiger charge is -2.24. The first-order valence-electron chi connectivity index (χ1n) is 8.22. The van der Waals surface area contributed by atoms with Gasteiger partial charge in [0.1, 0.15) is 5.78 Å². The quantitative estimate of drug-likeness (QED) is 0.466. The first-order chi connectivity index (χ1) is 10.2. The van der Waals surface area contributed by atoms with Crippen molar-refractivity contribution < 1.29 is 24.2 Å². The number of carboxylic acid groups (broad SMARTS) is 1. The molecule has 5 heteroatoms. The Balaban J connectivity index is 2.30. The van der Waals surface area contributed by atoms with Crippen LogP contribution in [0.25, 0.3) is 0 Å². The van der Waals surface area contributed by atoms with E-state index in [-0.39, 0.29) is 5.78 Å². The van der Waals surface area contributed by atoms with Crippen LogP contribution >= 0.6 is 0 Å². The van der Waals surface area contributed by atoms with E-state index in [9.17, 15) is 14.4 Å². The monoisotopic (exact) mass is 312 g/mol. The molecule has 126 valence electrons. The third kappa shape index (κ3) is 5.43. The minimum absolute atomic E-state index is 0.282. The zero-order valence-corrected chi connectivity index (χ0v) is 13.9. The lowest BCUT2D eigenvalue weighted by atomic mass is 9.86. The van der Waals surface area contributed by atoms with Gasteiger partial charge in [0, 0.05) is 25.7 Å². The first kappa shape index (κ1) is 18.7. The van der Waals surface area contributed by atoms with Gasteiger partial charge in [-0.1, -0.05) is 19.8 Å². The summed E-state index contributed by atoms with van der Waals surface area (Å²) in [7, 11) is 0. The molecule has 22 heavy (non-hydrogen) atoms. The number of hydrogen-bond donors (Lipinski definition) is 1. The third-order valence-electron chi connectivity index (χ3n) is 4.25. The van der Waals surface area contributed by atoms with Crippen LogP contribution in [0.2, 0.25) is 0 Å². The topological polar surface area (TPSA) is 80.7 Å². The fraction of sp³-hybridized carbons (Fsp3) is 0.824. The normalized spacial score (nSPS) is 16.1. The van der Waals surface area contributed by atoms with Crippen LogP contribution in [0.1, 0.15) is 78.6 Å². The molecule has 0 aromatic heterocycles. The summed E-state index contributed by atoms with van der Waals surface area (Å²) in [6.07, 6.45) is 6.09. The molecule has 1 N–H and O–H groups in total. The molecule has 1 fully saturated rings. The zero-order chi connectivity index (χ0) is 16.8. The first-order valence-corrected chi connectivity index (χ1v) is 8.22. The average Bonchev–Trinajstić information content (AvgIpc) is 3.22. The van der Waals surface area contributed by atoms with Gasteiger partial charge < -0.3 is 9.84 Å². The number of hydrogen-bond acceptors (Lipinski definition) is 4. The van der Waals surface area contributed by atoms with E-state index in [1.165, 1.54) is 0 Å². The minimum atomic E-state index is -1.27. The van der Waals surface area contributed by atoms with E-state index in [1.54, 1.807) is 13.8 Å². The van der Waals surface area contributed by atoms with Crippen molar-refractivity contribution in [3.05, 3.63) is 0 Å². The number of carbonyl (C=O) groups is 3. The third-order valence-corrected chi connectivity index (χ3v) is 4.25. The maximum Gasteiger partial charge on any atom is 0.348 e. The highest BCUT2D eigenvalue weighted by Gasteiger charge is 2.55. The van der Waals surface area contributed by atoms with E-state index in [4.69, 9.17) is 9.84 Å². The Hall–Kier alpha value is -1.39. The Kier molecular flexibility index (Phi) is 6.57. The van der Waals surface area contributed by atoms with Crippen LogP contribution in [0, 0.1) is 5.41 Å². The lowest BCUT2D eigenvalue weighted by molar-refractivity contribution is -0.174. The van der Waals surface area contributed by atoms with Crippen LogP contribution in [0.4, 0.5) is 0 Å². The smallest absolute Gasteiger partial charge is 0.348 e. The summed E-state index contributed by atoms with van der Waals surface area (Å²) >= 11 is 0. The number of esters is 1. The lowest BCUT2D eigenvalue weighted by Crippen LogP contribution is -2.35. The van der Waals surface area contributed by atoms with Crippen molar-refractivity contribution in [2.24, 2.45) is 5.41 Å². The SMILES string of the molecule is CCCCC(=O)CCCCC(C)(C)C(=O)OC1(C(=O)O)CC1. The number of rotatable bonds is 11. The van der Waals surface area contributed by atoms with Crippen molar-refractivity contribution in [2.45, 2.75) is 84.2 Å². The standard InChI is InChI=1S/C17H28O5/c1-4-5-8-13(18)9-6-7-10-16(2,3)15(21)22-17(11-12-17)14(19)20/h4-12H2,1-3H3,(H,19,20). The number of ketones is 1. The summed E-state index contributed by atoms with van der Waals surface area (Å²) in [5.74, 6) is -1.23. The molecule has 1 aliphatic rings. The molecule has 0 radical (unpaired) electrons. The summed E-state index contributed by atoms with van der Waals surface area (Å²) in [5.41, 5.74) is -1.98. The van der Waals surface area contributed by atoms with Gasteiger partial charge >= 0.3 is 11.9 Å². The molecule has 0 aromatic rings. The van der Waals surface area contributed by atoms with Crippen LogP contribution in [0.3, 0.4) is 0 Å². The van der Waals surface area contributed by atoms with Crippen LogP contribution in [-0.4, -0.2) is 28.4 Å². The second kappa shape index (κ2) is 7.75. The molecule has 1 saturated carbocycles. The van der Waals surface area contributed by atoms with Crippen molar-refractivity contribution in [3.63, 3.8) is 0 Å². The number of unbranched alkanes of at least 4 members (excludes halogenated alkanes) is 2. The van der Waals surface area contributed by atoms with E-state index in [1.807, 2.05) is 0 Å². The summed E-state index contributed by atoms with van der Waals surface area (Å²) in [6, 6.07) is 0. The second-order valence-electron chi connectivity index (χ2n) is 6.92. The molecule has 1 aliphatic carbocycles.